The molecule has 2 fully saturated rings. The number of ether oxygens (including phenoxy) is 1. The van der Waals surface area contributed by atoms with E-state index in [0.29, 0.717) is 35.4 Å². The summed E-state index contributed by atoms with van der Waals surface area (Å²) in [7, 11) is 0. The first-order valence-electron chi connectivity index (χ1n) is 11.9. The summed E-state index contributed by atoms with van der Waals surface area (Å²) < 4.78 is 5.68. The number of nitrogens with two attached hydrogens (primary N) is 1. The molecule has 0 atom stereocenters. The monoisotopic (exact) mass is 487 g/mol. The van der Waals surface area contributed by atoms with Gasteiger partial charge < -0.3 is 30.9 Å². The Morgan fingerprint density at radius 3 is 2.42 bits per heavy atom. The molecule has 3 aromatic rings. The molecule has 2 aromatic heterocycles. The van der Waals surface area contributed by atoms with Crippen molar-refractivity contribution in [3.05, 3.63) is 60.4 Å². The van der Waals surface area contributed by atoms with Crippen LogP contribution in [0.3, 0.4) is 0 Å². The molecule has 5 rings (SSSR count). The molecule has 4 heterocycles. The van der Waals surface area contributed by atoms with Gasteiger partial charge in [-0.25, -0.2) is 9.97 Å². The molecule has 10 heteroatoms. The number of carbonyl (C=O) groups is 2. The van der Waals surface area contributed by atoms with Crippen molar-refractivity contribution in [3.8, 4) is 5.75 Å². The summed E-state index contributed by atoms with van der Waals surface area (Å²) in [5.41, 5.74) is 8.34. The van der Waals surface area contributed by atoms with Gasteiger partial charge in [0.15, 0.2) is 0 Å². The van der Waals surface area contributed by atoms with Crippen LogP contribution < -0.4 is 26.0 Å². The Morgan fingerprint density at radius 1 is 1.00 bits per heavy atom. The smallest absolute Gasteiger partial charge is 0.252 e. The number of primary amides is 1. The van der Waals surface area contributed by atoms with Gasteiger partial charge in [0.05, 0.1) is 35.4 Å². The first-order chi connectivity index (χ1) is 17.4. The zero-order valence-corrected chi connectivity index (χ0v) is 20.3. The quantitative estimate of drug-likeness (QED) is 0.443. The summed E-state index contributed by atoms with van der Waals surface area (Å²) in [6.07, 6.45) is 3.26. The van der Waals surface area contributed by atoms with Crippen LogP contribution in [0.4, 0.5) is 28.7 Å². The van der Waals surface area contributed by atoms with Crippen molar-refractivity contribution in [2.24, 2.45) is 11.1 Å². The standard InChI is InChI=1S/C26H29N7O3/c1-3-36-22-7-5-4-6-20(22)30-21-10-24(29-12-19(21)25(27)35)31-23-9-8-18(11-28-23)33-15-26(16-33)13-32(14-26)17(2)34/h4-12H,3,13-16H2,1-2H3,(H2,27,35)(H2,28,29,30,31). The first-order valence-corrected chi connectivity index (χ1v) is 11.9. The zero-order valence-electron chi connectivity index (χ0n) is 20.3. The minimum atomic E-state index is -0.585. The van der Waals surface area contributed by atoms with Gasteiger partial charge in [0, 0.05) is 50.8 Å². The summed E-state index contributed by atoms with van der Waals surface area (Å²) in [5.74, 6) is 1.37. The van der Waals surface area contributed by atoms with E-state index < -0.39 is 5.91 Å². The Bertz CT molecular complexity index is 1280. The Hall–Kier alpha value is -4.34. The number of hydrogen-bond acceptors (Lipinski definition) is 8. The molecule has 2 amide bonds. The van der Waals surface area contributed by atoms with E-state index in [-0.39, 0.29) is 16.9 Å². The van der Waals surface area contributed by atoms with Gasteiger partial charge in [-0.2, -0.15) is 0 Å². The lowest BCUT2D eigenvalue weighted by molar-refractivity contribution is -0.142. The third kappa shape index (κ3) is 4.61. The highest BCUT2D eigenvalue weighted by molar-refractivity contribution is 5.99. The predicted molar refractivity (Wildman–Crippen MR) is 138 cm³/mol. The van der Waals surface area contributed by atoms with Gasteiger partial charge >= 0.3 is 0 Å². The third-order valence-electron chi connectivity index (χ3n) is 6.55. The molecule has 2 aliphatic rings. The van der Waals surface area contributed by atoms with Crippen LogP contribution in [0.25, 0.3) is 0 Å². The number of benzene rings is 1. The van der Waals surface area contributed by atoms with Crippen molar-refractivity contribution in [1.82, 2.24) is 14.9 Å². The van der Waals surface area contributed by atoms with E-state index in [1.165, 1.54) is 6.20 Å². The fourth-order valence-corrected chi connectivity index (χ4v) is 4.73. The number of carbonyl (C=O) groups excluding carboxylic acids is 2. The minimum absolute atomic E-state index is 0.144. The summed E-state index contributed by atoms with van der Waals surface area (Å²) in [6.45, 7) is 7.58. The largest absolute Gasteiger partial charge is 0.492 e. The number of nitrogens with one attached hydrogen (secondary N) is 2. The van der Waals surface area contributed by atoms with Gasteiger partial charge in [-0.1, -0.05) is 12.1 Å². The summed E-state index contributed by atoms with van der Waals surface area (Å²) >= 11 is 0. The molecule has 0 saturated carbocycles. The summed E-state index contributed by atoms with van der Waals surface area (Å²) in [4.78, 5) is 36.5. The lowest BCUT2D eigenvalue weighted by Gasteiger charge is -2.60. The molecule has 36 heavy (non-hydrogen) atoms. The number of rotatable bonds is 8. The van der Waals surface area contributed by atoms with Crippen molar-refractivity contribution < 1.29 is 14.3 Å². The van der Waals surface area contributed by atoms with Gasteiger partial charge in [0.2, 0.25) is 5.91 Å². The van der Waals surface area contributed by atoms with Crippen LogP contribution in [0.15, 0.2) is 54.9 Å². The lowest BCUT2D eigenvalue weighted by atomic mass is 9.72. The number of nitrogens with zero attached hydrogens (tertiary/aromatic N) is 4. The van der Waals surface area contributed by atoms with Gasteiger partial charge in [-0.15, -0.1) is 0 Å². The third-order valence-corrected chi connectivity index (χ3v) is 6.55. The number of likely N-dealkylation sites (tertiary alicyclic amines) is 1. The molecule has 0 aliphatic carbocycles. The van der Waals surface area contributed by atoms with E-state index in [4.69, 9.17) is 10.5 Å². The second kappa shape index (κ2) is 9.37. The molecule has 4 N–H and O–H groups in total. The Kier molecular flexibility index (Phi) is 6.09. The second-order valence-corrected chi connectivity index (χ2v) is 9.29. The molecule has 0 radical (unpaired) electrons. The van der Waals surface area contributed by atoms with E-state index in [0.717, 1.165) is 31.9 Å². The van der Waals surface area contributed by atoms with Gasteiger partial charge in [-0.05, 0) is 31.2 Å². The average molecular weight is 488 g/mol. The molecule has 1 spiro atoms. The van der Waals surface area contributed by atoms with Gasteiger partial charge in [0.25, 0.3) is 5.91 Å². The van der Waals surface area contributed by atoms with Crippen LogP contribution in [-0.2, 0) is 4.79 Å². The second-order valence-electron chi connectivity index (χ2n) is 9.29. The SMILES string of the molecule is CCOc1ccccc1Nc1cc(Nc2ccc(N3CC4(CN(C(C)=O)C4)C3)cn2)ncc1C(N)=O. The number of amides is 2. The number of para-hydroxylation sites is 2. The first kappa shape index (κ1) is 23.4. The maximum absolute atomic E-state index is 12.0. The van der Waals surface area contributed by atoms with Gasteiger partial charge in [-0.3, -0.25) is 9.59 Å². The normalized spacial score (nSPS) is 15.6. The van der Waals surface area contributed by atoms with Crippen LogP contribution in [0.5, 0.6) is 5.75 Å². The number of hydrogen-bond donors (Lipinski definition) is 3. The van der Waals surface area contributed by atoms with Gasteiger partial charge in [0.1, 0.15) is 17.4 Å². The van der Waals surface area contributed by atoms with Crippen molar-refractivity contribution in [1.29, 1.82) is 0 Å². The van der Waals surface area contributed by atoms with Crippen LogP contribution in [0, 0.1) is 5.41 Å². The van der Waals surface area contributed by atoms with Crippen molar-refractivity contribution >= 4 is 40.5 Å². The maximum atomic E-state index is 12.0. The molecule has 10 nitrogen and oxygen atoms in total. The van der Waals surface area contributed by atoms with Crippen LogP contribution in [0.2, 0.25) is 0 Å². The molecule has 1 aromatic carbocycles. The van der Waals surface area contributed by atoms with Crippen molar-refractivity contribution in [2.75, 3.05) is 48.3 Å². The van der Waals surface area contributed by atoms with E-state index in [9.17, 15) is 9.59 Å². The molecule has 2 saturated heterocycles. The Morgan fingerprint density at radius 2 is 1.75 bits per heavy atom. The fraction of sp³-hybridized carbons (Fsp3) is 0.308. The zero-order chi connectivity index (χ0) is 25.3. The highest BCUT2D eigenvalue weighted by atomic mass is 16.5. The van der Waals surface area contributed by atoms with E-state index in [1.807, 2.05) is 54.4 Å². The van der Waals surface area contributed by atoms with E-state index in [1.54, 1.807) is 13.0 Å². The lowest BCUT2D eigenvalue weighted by Crippen LogP contribution is -2.72. The van der Waals surface area contributed by atoms with Crippen LogP contribution in [0.1, 0.15) is 24.2 Å². The molecule has 0 bridgehead atoms. The predicted octanol–water partition coefficient (Wildman–Crippen LogP) is 3.13. The highest BCUT2D eigenvalue weighted by Crippen LogP contribution is 2.41. The topological polar surface area (TPSA) is 126 Å². The Balaban J connectivity index is 1.27. The number of aromatic nitrogens is 2. The number of anilines is 5. The van der Waals surface area contributed by atoms with Crippen molar-refractivity contribution in [2.45, 2.75) is 13.8 Å². The number of pyridine rings is 2. The average Bonchev–Trinajstić information content (AvgIpc) is 2.79. The fourth-order valence-electron chi connectivity index (χ4n) is 4.73. The van der Waals surface area contributed by atoms with Crippen LogP contribution in [-0.4, -0.2) is 59.5 Å². The molecule has 2 aliphatic heterocycles. The molecular weight excluding hydrogens is 458 g/mol. The Labute approximate surface area is 209 Å². The summed E-state index contributed by atoms with van der Waals surface area (Å²) in [6, 6.07) is 13.1. The molecule has 0 unspecified atom stereocenters. The highest BCUT2D eigenvalue weighted by Gasteiger charge is 2.52. The van der Waals surface area contributed by atoms with E-state index in [2.05, 4.69) is 25.5 Å². The summed E-state index contributed by atoms with van der Waals surface area (Å²) in [5, 5.41) is 6.43. The maximum Gasteiger partial charge on any atom is 0.252 e. The van der Waals surface area contributed by atoms with Crippen molar-refractivity contribution in [3.63, 3.8) is 0 Å². The minimum Gasteiger partial charge on any atom is -0.492 e. The molecular formula is C26H29N7O3. The molecule has 186 valence electrons. The van der Waals surface area contributed by atoms with Crippen LogP contribution >= 0.6 is 0 Å². The van der Waals surface area contributed by atoms with E-state index >= 15 is 0 Å².